The summed E-state index contributed by atoms with van der Waals surface area (Å²) < 4.78 is 11.7. The highest BCUT2D eigenvalue weighted by Crippen LogP contribution is 2.23. The number of ether oxygens (including phenoxy) is 2. The standard InChI is InChI=1S/C22H38N4O2/c1-5-23-21(25-18-22(4)13-8-15-28-22)24-17-19-9-11-20(12-10-19)27-16-14-26(6-2)7-3/h9-12H,5-8,13-18H2,1-4H3,(H2,23,24,25). The lowest BCUT2D eigenvalue weighted by Crippen LogP contribution is -2.45. The molecule has 0 aliphatic carbocycles. The van der Waals surface area contributed by atoms with Crippen molar-refractivity contribution < 1.29 is 9.47 Å². The molecule has 1 aliphatic heterocycles. The van der Waals surface area contributed by atoms with Crippen LogP contribution in [0.1, 0.15) is 46.1 Å². The molecular weight excluding hydrogens is 352 g/mol. The van der Waals surface area contributed by atoms with E-state index in [-0.39, 0.29) is 5.60 Å². The molecule has 0 radical (unpaired) electrons. The quantitative estimate of drug-likeness (QED) is 0.449. The zero-order chi connectivity index (χ0) is 20.2. The summed E-state index contributed by atoms with van der Waals surface area (Å²) in [4.78, 5) is 7.06. The fourth-order valence-electron chi connectivity index (χ4n) is 3.28. The van der Waals surface area contributed by atoms with Gasteiger partial charge < -0.3 is 25.0 Å². The monoisotopic (exact) mass is 390 g/mol. The first-order valence-electron chi connectivity index (χ1n) is 10.7. The van der Waals surface area contributed by atoms with Gasteiger partial charge >= 0.3 is 0 Å². The van der Waals surface area contributed by atoms with E-state index in [2.05, 4.69) is 55.4 Å². The molecule has 0 amide bonds. The molecule has 28 heavy (non-hydrogen) atoms. The van der Waals surface area contributed by atoms with Gasteiger partial charge in [0.1, 0.15) is 12.4 Å². The van der Waals surface area contributed by atoms with Crippen molar-refractivity contribution in [2.45, 2.75) is 52.7 Å². The Morgan fingerprint density at radius 3 is 2.54 bits per heavy atom. The Hall–Kier alpha value is -1.79. The zero-order valence-corrected chi connectivity index (χ0v) is 18.1. The molecule has 1 aliphatic rings. The second-order valence-corrected chi connectivity index (χ2v) is 7.47. The summed E-state index contributed by atoms with van der Waals surface area (Å²) in [5.41, 5.74) is 1.08. The third-order valence-corrected chi connectivity index (χ3v) is 5.19. The second kappa shape index (κ2) is 11.9. The second-order valence-electron chi connectivity index (χ2n) is 7.47. The van der Waals surface area contributed by atoms with Gasteiger partial charge in [-0.2, -0.15) is 0 Å². The van der Waals surface area contributed by atoms with Crippen LogP contribution in [0.3, 0.4) is 0 Å². The molecule has 1 aromatic rings. The summed E-state index contributed by atoms with van der Waals surface area (Å²) in [5.74, 6) is 1.75. The van der Waals surface area contributed by atoms with Crippen LogP contribution >= 0.6 is 0 Å². The third kappa shape index (κ3) is 7.68. The fourth-order valence-corrected chi connectivity index (χ4v) is 3.28. The van der Waals surface area contributed by atoms with E-state index < -0.39 is 0 Å². The van der Waals surface area contributed by atoms with E-state index in [9.17, 15) is 0 Å². The number of rotatable bonds is 11. The first-order chi connectivity index (χ1) is 13.6. The van der Waals surface area contributed by atoms with Crippen molar-refractivity contribution in [3.8, 4) is 5.75 Å². The van der Waals surface area contributed by atoms with E-state index in [1.165, 1.54) is 0 Å². The SMILES string of the molecule is CCNC(=NCc1ccc(OCCN(CC)CC)cc1)NCC1(C)CCCO1. The van der Waals surface area contributed by atoms with Crippen molar-refractivity contribution in [3.63, 3.8) is 0 Å². The Bertz CT molecular complexity index is 579. The highest BCUT2D eigenvalue weighted by atomic mass is 16.5. The molecule has 0 spiro atoms. The summed E-state index contributed by atoms with van der Waals surface area (Å²) in [5, 5.41) is 6.73. The Morgan fingerprint density at radius 2 is 1.93 bits per heavy atom. The molecule has 1 aromatic carbocycles. The average molecular weight is 391 g/mol. The molecule has 2 rings (SSSR count). The smallest absolute Gasteiger partial charge is 0.191 e. The average Bonchev–Trinajstić information content (AvgIpc) is 3.15. The van der Waals surface area contributed by atoms with Crippen LogP contribution in [0.5, 0.6) is 5.75 Å². The number of hydrogen-bond donors (Lipinski definition) is 2. The van der Waals surface area contributed by atoms with Crippen LogP contribution in [0, 0.1) is 0 Å². The number of nitrogens with one attached hydrogen (secondary N) is 2. The predicted molar refractivity (Wildman–Crippen MR) is 116 cm³/mol. The van der Waals surface area contributed by atoms with Crippen molar-refractivity contribution >= 4 is 5.96 Å². The zero-order valence-electron chi connectivity index (χ0n) is 18.1. The maximum absolute atomic E-state index is 5.85. The maximum Gasteiger partial charge on any atom is 0.191 e. The third-order valence-electron chi connectivity index (χ3n) is 5.19. The van der Waals surface area contributed by atoms with Gasteiger partial charge in [0.25, 0.3) is 0 Å². The molecule has 0 bridgehead atoms. The van der Waals surface area contributed by atoms with Gasteiger partial charge in [0.05, 0.1) is 12.1 Å². The van der Waals surface area contributed by atoms with E-state index in [4.69, 9.17) is 14.5 Å². The lowest BCUT2D eigenvalue weighted by Gasteiger charge is -2.24. The first kappa shape index (κ1) is 22.5. The molecule has 1 fully saturated rings. The molecule has 6 nitrogen and oxygen atoms in total. The fraction of sp³-hybridized carbons (Fsp3) is 0.682. The van der Waals surface area contributed by atoms with E-state index in [1.54, 1.807) is 0 Å². The summed E-state index contributed by atoms with van der Waals surface area (Å²) in [6, 6.07) is 8.23. The number of hydrogen-bond acceptors (Lipinski definition) is 4. The van der Waals surface area contributed by atoms with Crippen molar-refractivity contribution in [2.24, 2.45) is 4.99 Å². The lowest BCUT2D eigenvalue weighted by molar-refractivity contribution is 0.0243. The molecule has 1 unspecified atom stereocenters. The maximum atomic E-state index is 5.85. The number of likely N-dealkylation sites (N-methyl/N-ethyl adjacent to an activating group) is 1. The molecule has 1 saturated heterocycles. The Labute approximate surface area is 170 Å². The largest absolute Gasteiger partial charge is 0.492 e. The van der Waals surface area contributed by atoms with Gasteiger partial charge in [0, 0.05) is 26.2 Å². The summed E-state index contributed by atoms with van der Waals surface area (Å²) in [7, 11) is 0. The van der Waals surface area contributed by atoms with Crippen LogP contribution in [-0.4, -0.2) is 62.4 Å². The van der Waals surface area contributed by atoms with Gasteiger partial charge in [0.2, 0.25) is 0 Å². The highest BCUT2D eigenvalue weighted by Gasteiger charge is 2.29. The van der Waals surface area contributed by atoms with Gasteiger partial charge in [-0.3, -0.25) is 0 Å². The van der Waals surface area contributed by atoms with Crippen LogP contribution in [0.25, 0.3) is 0 Å². The summed E-state index contributed by atoms with van der Waals surface area (Å²) >= 11 is 0. The minimum absolute atomic E-state index is 0.0830. The minimum atomic E-state index is -0.0830. The molecule has 1 atom stereocenters. The van der Waals surface area contributed by atoms with Gasteiger partial charge in [-0.15, -0.1) is 0 Å². The van der Waals surface area contributed by atoms with Gasteiger partial charge in [-0.1, -0.05) is 26.0 Å². The lowest BCUT2D eigenvalue weighted by atomic mass is 10.0. The molecule has 0 saturated carbocycles. The Morgan fingerprint density at radius 1 is 1.18 bits per heavy atom. The molecule has 2 N–H and O–H groups in total. The molecular formula is C22H38N4O2. The number of aliphatic imine (C=N–C) groups is 1. The summed E-state index contributed by atoms with van der Waals surface area (Å²) in [6.07, 6.45) is 2.23. The normalized spacial score (nSPS) is 19.8. The predicted octanol–water partition coefficient (Wildman–Crippen LogP) is 3.03. The van der Waals surface area contributed by atoms with Crippen LogP contribution in [-0.2, 0) is 11.3 Å². The van der Waals surface area contributed by atoms with E-state index in [0.717, 1.165) is 69.4 Å². The van der Waals surface area contributed by atoms with Crippen LogP contribution in [0.2, 0.25) is 0 Å². The van der Waals surface area contributed by atoms with Gasteiger partial charge in [0.15, 0.2) is 5.96 Å². The minimum Gasteiger partial charge on any atom is -0.492 e. The van der Waals surface area contributed by atoms with Gasteiger partial charge in [-0.05, 0) is 57.5 Å². The van der Waals surface area contributed by atoms with Gasteiger partial charge in [-0.25, -0.2) is 4.99 Å². The molecule has 158 valence electrons. The van der Waals surface area contributed by atoms with Crippen LogP contribution in [0.15, 0.2) is 29.3 Å². The topological polar surface area (TPSA) is 58.1 Å². The number of benzene rings is 1. The molecule has 0 aromatic heterocycles. The Balaban J connectivity index is 1.81. The number of guanidine groups is 1. The molecule has 6 heteroatoms. The van der Waals surface area contributed by atoms with E-state index >= 15 is 0 Å². The van der Waals surface area contributed by atoms with Crippen LogP contribution < -0.4 is 15.4 Å². The first-order valence-corrected chi connectivity index (χ1v) is 10.7. The van der Waals surface area contributed by atoms with Crippen molar-refractivity contribution in [1.29, 1.82) is 0 Å². The molecule has 1 heterocycles. The van der Waals surface area contributed by atoms with Crippen molar-refractivity contribution in [2.75, 3.05) is 45.9 Å². The van der Waals surface area contributed by atoms with Crippen molar-refractivity contribution in [3.05, 3.63) is 29.8 Å². The van der Waals surface area contributed by atoms with Crippen LogP contribution in [0.4, 0.5) is 0 Å². The number of nitrogens with zero attached hydrogens (tertiary/aromatic N) is 2. The Kier molecular flexibility index (Phi) is 9.58. The summed E-state index contributed by atoms with van der Waals surface area (Å²) in [6.45, 7) is 15.5. The van der Waals surface area contributed by atoms with E-state index in [1.807, 2.05) is 12.1 Å². The van der Waals surface area contributed by atoms with E-state index in [0.29, 0.717) is 13.2 Å². The van der Waals surface area contributed by atoms with Crippen molar-refractivity contribution in [1.82, 2.24) is 15.5 Å². The highest BCUT2D eigenvalue weighted by molar-refractivity contribution is 5.79.